The van der Waals surface area contributed by atoms with Crippen molar-refractivity contribution in [2.24, 2.45) is 4.99 Å². The highest BCUT2D eigenvalue weighted by molar-refractivity contribution is 5.99. The molecule has 0 saturated carbocycles. The molecule has 0 aromatic heterocycles. The predicted octanol–water partition coefficient (Wildman–Crippen LogP) is 1.71. The third-order valence-corrected chi connectivity index (χ3v) is 1.51. The van der Waals surface area contributed by atoms with Gasteiger partial charge in [0, 0.05) is 11.8 Å². The molecule has 3 nitrogen and oxygen atoms in total. The summed E-state index contributed by atoms with van der Waals surface area (Å²) < 4.78 is 0. The molecule has 0 radical (unpaired) electrons. The quantitative estimate of drug-likeness (QED) is 0.487. The first kappa shape index (κ1) is 8.33. The number of benzene rings is 1. The van der Waals surface area contributed by atoms with E-state index in [0.717, 1.165) is 11.1 Å². The maximum absolute atomic E-state index is 7.32. The smallest absolute Gasteiger partial charge is 0.151 e. The predicted molar refractivity (Wildman–Crippen MR) is 50.7 cm³/mol. The van der Waals surface area contributed by atoms with Crippen molar-refractivity contribution in [1.29, 1.82) is 10.8 Å². The second-order valence-corrected chi connectivity index (χ2v) is 2.27. The molecule has 0 atom stereocenters. The second kappa shape index (κ2) is 3.57. The van der Waals surface area contributed by atoms with E-state index in [1.165, 1.54) is 6.21 Å². The van der Waals surface area contributed by atoms with Crippen LogP contribution in [0.2, 0.25) is 0 Å². The van der Waals surface area contributed by atoms with Gasteiger partial charge in [-0.25, -0.2) is 4.99 Å². The summed E-state index contributed by atoms with van der Waals surface area (Å²) in [6.07, 6.45) is 1.26. The molecule has 0 heterocycles. The lowest BCUT2D eigenvalue weighted by molar-refractivity contribution is 1.42. The highest BCUT2D eigenvalue weighted by atomic mass is 14.8. The molecule has 12 heavy (non-hydrogen) atoms. The van der Waals surface area contributed by atoms with E-state index < -0.39 is 0 Å². The minimum atomic E-state index is 0.159. The number of nitrogens with one attached hydrogen (secondary N) is 2. The van der Waals surface area contributed by atoms with Gasteiger partial charge in [-0.3, -0.25) is 5.41 Å². The van der Waals surface area contributed by atoms with Gasteiger partial charge in [0.15, 0.2) is 5.84 Å². The van der Waals surface area contributed by atoms with Crippen molar-refractivity contribution < 1.29 is 0 Å². The summed E-state index contributed by atoms with van der Waals surface area (Å²) in [5.41, 5.74) is 1.53. The van der Waals surface area contributed by atoms with Crippen molar-refractivity contribution in [2.75, 3.05) is 0 Å². The maximum Gasteiger partial charge on any atom is 0.151 e. The first-order valence-electron chi connectivity index (χ1n) is 3.44. The molecule has 1 aromatic carbocycles. The van der Waals surface area contributed by atoms with Gasteiger partial charge >= 0.3 is 0 Å². The number of nitrogens with zero attached hydrogens (tertiary/aromatic N) is 1. The Bertz CT molecular complexity index is 311. The van der Waals surface area contributed by atoms with Crippen LogP contribution >= 0.6 is 0 Å². The SMILES string of the molecule is C=NC(=N)c1ccc(C=N)cc1. The molecule has 0 bridgehead atoms. The van der Waals surface area contributed by atoms with Crippen molar-refractivity contribution in [1.82, 2.24) is 0 Å². The van der Waals surface area contributed by atoms with Crippen LogP contribution in [-0.2, 0) is 0 Å². The van der Waals surface area contributed by atoms with E-state index in [1.807, 2.05) is 0 Å². The van der Waals surface area contributed by atoms with Crippen LogP contribution < -0.4 is 0 Å². The summed E-state index contributed by atoms with van der Waals surface area (Å²) in [4.78, 5) is 3.49. The van der Waals surface area contributed by atoms with Gasteiger partial charge < -0.3 is 5.41 Å². The minimum absolute atomic E-state index is 0.159. The summed E-state index contributed by atoms with van der Waals surface area (Å²) in [5, 5.41) is 14.3. The van der Waals surface area contributed by atoms with Crippen molar-refractivity contribution in [3.05, 3.63) is 35.4 Å². The average Bonchev–Trinajstić information content (AvgIpc) is 2.17. The Morgan fingerprint density at radius 2 is 1.92 bits per heavy atom. The van der Waals surface area contributed by atoms with Crippen molar-refractivity contribution >= 4 is 18.8 Å². The van der Waals surface area contributed by atoms with E-state index in [-0.39, 0.29) is 5.84 Å². The van der Waals surface area contributed by atoms with Crippen LogP contribution in [0.5, 0.6) is 0 Å². The Kier molecular flexibility index (Phi) is 2.48. The summed E-state index contributed by atoms with van der Waals surface area (Å²) in [6, 6.07) is 7.03. The molecule has 0 aliphatic rings. The third kappa shape index (κ3) is 1.63. The highest BCUT2D eigenvalue weighted by Crippen LogP contribution is 2.03. The highest BCUT2D eigenvalue weighted by Gasteiger charge is 1.96. The topological polar surface area (TPSA) is 60.1 Å². The van der Waals surface area contributed by atoms with E-state index in [1.54, 1.807) is 24.3 Å². The van der Waals surface area contributed by atoms with Gasteiger partial charge in [0.25, 0.3) is 0 Å². The first-order valence-corrected chi connectivity index (χ1v) is 3.44. The lowest BCUT2D eigenvalue weighted by Crippen LogP contribution is -1.93. The normalized spacial score (nSPS) is 9.00. The molecule has 0 saturated heterocycles. The molecule has 0 spiro atoms. The van der Waals surface area contributed by atoms with Crippen LogP contribution in [0.15, 0.2) is 29.3 Å². The molecule has 1 rings (SSSR count). The Morgan fingerprint density at radius 1 is 1.33 bits per heavy atom. The fourth-order valence-electron chi connectivity index (χ4n) is 0.829. The van der Waals surface area contributed by atoms with Gasteiger partial charge in [-0.1, -0.05) is 24.3 Å². The summed E-state index contributed by atoms with van der Waals surface area (Å²) in [5.74, 6) is 0.159. The van der Waals surface area contributed by atoms with Gasteiger partial charge in [0.05, 0.1) is 0 Å². The zero-order chi connectivity index (χ0) is 8.97. The third-order valence-electron chi connectivity index (χ3n) is 1.51. The molecule has 0 unspecified atom stereocenters. The van der Waals surface area contributed by atoms with E-state index in [2.05, 4.69) is 11.7 Å². The van der Waals surface area contributed by atoms with Crippen LogP contribution in [0.1, 0.15) is 11.1 Å². The standard InChI is InChI=1S/C9H9N3/c1-12-9(11)8-4-2-7(6-10)3-5-8/h2-6,10-11H,1H2. The molecule has 0 amide bonds. The first-order chi connectivity index (χ1) is 5.77. The Labute approximate surface area is 70.8 Å². The van der Waals surface area contributed by atoms with Crippen molar-refractivity contribution in [3.8, 4) is 0 Å². The summed E-state index contributed by atoms with van der Waals surface area (Å²) in [6.45, 7) is 3.26. The molecule has 0 aliphatic heterocycles. The van der Waals surface area contributed by atoms with Crippen LogP contribution in [0.25, 0.3) is 0 Å². The molecular formula is C9H9N3. The number of hydrogen-bond donors (Lipinski definition) is 2. The average molecular weight is 159 g/mol. The van der Waals surface area contributed by atoms with Gasteiger partial charge in [-0.15, -0.1) is 0 Å². The molecule has 1 aromatic rings. The lowest BCUT2D eigenvalue weighted by atomic mass is 10.1. The Morgan fingerprint density at radius 3 is 2.33 bits per heavy atom. The molecule has 0 fully saturated rings. The van der Waals surface area contributed by atoms with Gasteiger partial charge in [0.1, 0.15) is 0 Å². The fourth-order valence-corrected chi connectivity index (χ4v) is 0.829. The zero-order valence-electron chi connectivity index (χ0n) is 6.54. The second-order valence-electron chi connectivity index (χ2n) is 2.27. The summed E-state index contributed by atoms with van der Waals surface area (Å²) in [7, 11) is 0. The number of aliphatic imine (C=N–C) groups is 1. The summed E-state index contributed by atoms with van der Waals surface area (Å²) >= 11 is 0. The van der Waals surface area contributed by atoms with Crippen LogP contribution in [0, 0.1) is 10.8 Å². The van der Waals surface area contributed by atoms with Gasteiger partial charge in [-0.2, -0.15) is 0 Å². The van der Waals surface area contributed by atoms with Gasteiger partial charge in [0.2, 0.25) is 0 Å². The van der Waals surface area contributed by atoms with E-state index in [4.69, 9.17) is 10.8 Å². The fraction of sp³-hybridized carbons (Fsp3) is 0. The minimum Gasteiger partial charge on any atom is -0.308 e. The van der Waals surface area contributed by atoms with E-state index >= 15 is 0 Å². The van der Waals surface area contributed by atoms with Crippen LogP contribution in [0.4, 0.5) is 0 Å². The Hall–Kier alpha value is -1.77. The van der Waals surface area contributed by atoms with Gasteiger partial charge in [-0.05, 0) is 12.3 Å². The van der Waals surface area contributed by atoms with Crippen molar-refractivity contribution in [2.45, 2.75) is 0 Å². The van der Waals surface area contributed by atoms with E-state index in [0.29, 0.717) is 0 Å². The number of hydrogen-bond acceptors (Lipinski definition) is 2. The monoisotopic (exact) mass is 159 g/mol. The Balaban J connectivity index is 2.99. The molecular weight excluding hydrogens is 150 g/mol. The number of rotatable bonds is 2. The zero-order valence-corrected chi connectivity index (χ0v) is 6.54. The maximum atomic E-state index is 7.32. The van der Waals surface area contributed by atoms with E-state index in [9.17, 15) is 0 Å². The molecule has 2 N–H and O–H groups in total. The van der Waals surface area contributed by atoms with Crippen molar-refractivity contribution in [3.63, 3.8) is 0 Å². The molecule has 3 heteroatoms. The molecule has 0 aliphatic carbocycles. The molecule has 60 valence electrons. The van der Waals surface area contributed by atoms with Crippen LogP contribution in [0.3, 0.4) is 0 Å². The number of amidine groups is 1. The largest absolute Gasteiger partial charge is 0.308 e. The van der Waals surface area contributed by atoms with Crippen LogP contribution in [-0.4, -0.2) is 18.8 Å². The lowest BCUT2D eigenvalue weighted by Gasteiger charge is -1.97.